The summed E-state index contributed by atoms with van der Waals surface area (Å²) in [7, 11) is 0. The Balaban J connectivity index is 1.77. The summed E-state index contributed by atoms with van der Waals surface area (Å²) >= 11 is 0. The molecule has 2 unspecified atom stereocenters. The Morgan fingerprint density at radius 1 is 1.00 bits per heavy atom. The first-order chi connectivity index (χ1) is 9.52. The Bertz CT molecular complexity index is 451. The van der Waals surface area contributed by atoms with E-state index in [2.05, 4.69) is 5.32 Å². The van der Waals surface area contributed by atoms with Crippen molar-refractivity contribution in [2.24, 2.45) is 0 Å². The molecule has 2 aliphatic rings. The molecule has 1 nitrogen and oxygen atoms in total. The average Bonchev–Trinajstić information content (AvgIpc) is 3.21. The van der Waals surface area contributed by atoms with Crippen LogP contribution in [-0.2, 0) is 0 Å². The van der Waals surface area contributed by atoms with Gasteiger partial charge in [-0.15, -0.1) is 0 Å². The van der Waals surface area contributed by atoms with Crippen LogP contribution in [0.25, 0.3) is 0 Å². The Labute approximate surface area is 117 Å². The van der Waals surface area contributed by atoms with Crippen LogP contribution in [0.1, 0.15) is 50.0 Å². The fraction of sp³-hybridized carbons (Fsp3) is 0.625. The predicted octanol–water partition coefficient (Wildman–Crippen LogP) is 4.40. The van der Waals surface area contributed by atoms with E-state index in [1.54, 1.807) is 0 Å². The SMILES string of the molecule is FC(F)(F)C1(NC2CCCCC2c2ccccc2)CC1. The maximum atomic E-state index is 13.1. The lowest BCUT2D eigenvalue weighted by molar-refractivity contribution is -0.168. The zero-order valence-electron chi connectivity index (χ0n) is 11.4. The molecule has 0 spiro atoms. The van der Waals surface area contributed by atoms with Crippen molar-refractivity contribution in [3.8, 4) is 0 Å². The van der Waals surface area contributed by atoms with Crippen LogP contribution in [0.2, 0.25) is 0 Å². The van der Waals surface area contributed by atoms with E-state index >= 15 is 0 Å². The third-order valence-corrected chi connectivity index (χ3v) is 4.75. The summed E-state index contributed by atoms with van der Waals surface area (Å²) in [5, 5.41) is 2.97. The number of halogens is 3. The topological polar surface area (TPSA) is 12.0 Å². The van der Waals surface area contributed by atoms with Gasteiger partial charge < -0.3 is 5.32 Å². The molecule has 20 heavy (non-hydrogen) atoms. The van der Waals surface area contributed by atoms with Gasteiger partial charge in [-0.25, -0.2) is 0 Å². The highest BCUT2D eigenvalue weighted by Gasteiger charge is 2.64. The maximum absolute atomic E-state index is 13.1. The van der Waals surface area contributed by atoms with E-state index in [1.807, 2.05) is 30.3 Å². The number of hydrogen-bond donors (Lipinski definition) is 1. The molecule has 110 valence electrons. The zero-order chi connectivity index (χ0) is 14.2. The van der Waals surface area contributed by atoms with Crippen LogP contribution >= 0.6 is 0 Å². The van der Waals surface area contributed by atoms with Crippen molar-refractivity contribution in [3.05, 3.63) is 35.9 Å². The molecule has 3 rings (SSSR count). The fourth-order valence-corrected chi connectivity index (χ4v) is 3.39. The van der Waals surface area contributed by atoms with Gasteiger partial charge >= 0.3 is 6.18 Å². The lowest BCUT2D eigenvalue weighted by Gasteiger charge is -2.36. The third-order valence-electron chi connectivity index (χ3n) is 4.75. The summed E-state index contributed by atoms with van der Waals surface area (Å²) in [4.78, 5) is 0. The number of benzene rings is 1. The summed E-state index contributed by atoms with van der Waals surface area (Å²) in [6, 6.07) is 9.92. The van der Waals surface area contributed by atoms with Gasteiger partial charge in [-0.1, -0.05) is 43.2 Å². The van der Waals surface area contributed by atoms with E-state index in [4.69, 9.17) is 0 Å². The molecule has 0 aliphatic heterocycles. The summed E-state index contributed by atoms with van der Waals surface area (Å²) in [6.45, 7) is 0. The fourth-order valence-electron chi connectivity index (χ4n) is 3.39. The second-order valence-electron chi connectivity index (χ2n) is 6.13. The molecule has 1 N–H and O–H groups in total. The first kappa shape index (κ1) is 13.9. The van der Waals surface area contributed by atoms with Crippen molar-refractivity contribution in [2.45, 2.75) is 62.2 Å². The van der Waals surface area contributed by atoms with Crippen molar-refractivity contribution >= 4 is 0 Å². The molecule has 1 aromatic carbocycles. The van der Waals surface area contributed by atoms with Crippen molar-refractivity contribution in [2.75, 3.05) is 0 Å². The van der Waals surface area contributed by atoms with Crippen LogP contribution in [0.15, 0.2) is 30.3 Å². The average molecular weight is 283 g/mol. The first-order valence-corrected chi connectivity index (χ1v) is 7.41. The number of nitrogens with one attached hydrogen (secondary N) is 1. The van der Waals surface area contributed by atoms with Crippen molar-refractivity contribution in [3.63, 3.8) is 0 Å². The first-order valence-electron chi connectivity index (χ1n) is 7.41. The van der Waals surface area contributed by atoms with Gasteiger partial charge in [-0.3, -0.25) is 0 Å². The number of alkyl halides is 3. The van der Waals surface area contributed by atoms with Crippen LogP contribution in [0, 0.1) is 0 Å². The monoisotopic (exact) mass is 283 g/mol. The Morgan fingerprint density at radius 3 is 2.25 bits per heavy atom. The smallest absolute Gasteiger partial charge is 0.300 e. The molecule has 2 saturated carbocycles. The minimum Gasteiger partial charge on any atom is -0.300 e. The van der Waals surface area contributed by atoms with Crippen LogP contribution < -0.4 is 5.32 Å². The second-order valence-corrected chi connectivity index (χ2v) is 6.13. The minimum atomic E-state index is -4.12. The van der Waals surface area contributed by atoms with Gasteiger partial charge in [0.15, 0.2) is 0 Å². The molecule has 2 fully saturated rings. The van der Waals surface area contributed by atoms with E-state index in [0.717, 1.165) is 25.7 Å². The molecular weight excluding hydrogens is 263 g/mol. The molecule has 4 heteroatoms. The molecule has 0 aromatic heterocycles. The molecule has 1 aromatic rings. The van der Waals surface area contributed by atoms with Gasteiger partial charge in [0, 0.05) is 6.04 Å². The molecule has 2 aliphatic carbocycles. The van der Waals surface area contributed by atoms with Gasteiger partial charge in [-0.2, -0.15) is 13.2 Å². The predicted molar refractivity (Wildman–Crippen MR) is 72.6 cm³/mol. The van der Waals surface area contributed by atoms with Crippen LogP contribution in [0.5, 0.6) is 0 Å². The molecule has 0 amide bonds. The van der Waals surface area contributed by atoms with Gasteiger partial charge in [0.05, 0.1) is 0 Å². The molecule has 0 heterocycles. The summed E-state index contributed by atoms with van der Waals surface area (Å²) in [5.41, 5.74) is -0.426. The van der Waals surface area contributed by atoms with Crippen molar-refractivity contribution in [1.29, 1.82) is 0 Å². The van der Waals surface area contributed by atoms with Crippen LogP contribution in [0.4, 0.5) is 13.2 Å². The highest BCUT2D eigenvalue weighted by Crippen LogP contribution is 2.50. The van der Waals surface area contributed by atoms with Gasteiger partial charge in [0.25, 0.3) is 0 Å². The van der Waals surface area contributed by atoms with Gasteiger partial charge in [-0.05, 0) is 37.2 Å². The van der Waals surface area contributed by atoms with Crippen LogP contribution in [0.3, 0.4) is 0 Å². The van der Waals surface area contributed by atoms with Crippen LogP contribution in [-0.4, -0.2) is 17.8 Å². The molecule has 0 saturated heterocycles. The minimum absolute atomic E-state index is 0.0460. The largest absolute Gasteiger partial charge is 0.406 e. The highest BCUT2D eigenvalue weighted by molar-refractivity contribution is 5.23. The maximum Gasteiger partial charge on any atom is 0.406 e. The molecular formula is C16H20F3N. The number of rotatable bonds is 3. The van der Waals surface area contributed by atoms with E-state index < -0.39 is 11.7 Å². The normalized spacial score (nSPS) is 29.1. The second kappa shape index (κ2) is 5.06. The zero-order valence-corrected chi connectivity index (χ0v) is 11.4. The quantitative estimate of drug-likeness (QED) is 0.867. The summed E-state index contributed by atoms with van der Waals surface area (Å²) in [6.07, 6.45) is 0.299. The summed E-state index contributed by atoms with van der Waals surface area (Å²) in [5.74, 6) is 0.213. The Kier molecular flexibility index (Phi) is 3.53. The van der Waals surface area contributed by atoms with E-state index in [0.29, 0.717) is 0 Å². The third kappa shape index (κ3) is 2.58. The van der Waals surface area contributed by atoms with Crippen molar-refractivity contribution < 1.29 is 13.2 Å². The lowest BCUT2D eigenvalue weighted by atomic mass is 9.79. The Hall–Kier alpha value is -1.03. The molecule has 0 bridgehead atoms. The Morgan fingerprint density at radius 2 is 1.65 bits per heavy atom. The van der Waals surface area contributed by atoms with Gasteiger partial charge in [0.1, 0.15) is 5.54 Å². The molecule has 0 radical (unpaired) electrons. The standard InChI is InChI=1S/C16H20F3N/c17-16(18,19)15(10-11-15)20-14-9-5-4-8-13(14)12-6-2-1-3-7-12/h1-3,6-7,13-14,20H,4-5,8-11H2. The highest BCUT2D eigenvalue weighted by atomic mass is 19.4. The number of hydrogen-bond acceptors (Lipinski definition) is 1. The summed E-state index contributed by atoms with van der Waals surface area (Å²) < 4.78 is 39.4. The van der Waals surface area contributed by atoms with E-state index in [1.165, 1.54) is 5.56 Å². The molecule has 2 atom stereocenters. The van der Waals surface area contributed by atoms with E-state index in [9.17, 15) is 13.2 Å². The lowest BCUT2D eigenvalue weighted by Crippen LogP contribution is -2.52. The van der Waals surface area contributed by atoms with E-state index in [-0.39, 0.29) is 24.8 Å². The van der Waals surface area contributed by atoms with Crippen molar-refractivity contribution in [1.82, 2.24) is 5.32 Å². The van der Waals surface area contributed by atoms with Gasteiger partial charge in [0.2, 0.25) is 0 Å².